The summed E-state index contributed by atoms with van der Waals surface area (Å²) in [7, 11) is 1.82. The molecule has 0 spiro atoms. The molecule has 1 aliphatic heterocycles. The van der Waals surface area contributed by atoms with E-state index in [4.69, 9.17) is 5.73 Å². The molecule has 1 unspecified atom stereocenters. The highest BCUT2D eigenvalue weighted by Crippen LogP contribution is 2.20. The molecular formula is C7H15N3S. The van der Waals surface area contributed by atoms with Crippen LogP contribution in [0.1, 0.15) is 13.3 Å². The molecule has 3 nitrogen and oxygen atoms in total. The van der Waals surface area contributed by atoms with Crippen molar-refractivity contribution in [3.8, 4) is 0 Å². The van der Waals surface area contributed by atoms with E-state index in [0.29, 0.717) is 0 Å². The molecule has 1 atom stereocenters. The highest BCUT2D eigenvalue weighted by Gasteiger charge is 2.25. The molecule has 0 aliphatic carbocycles. The third kappa shape index (κ3) is 1.87. The average molecular weight is 173 g/mol. The van der Waals surface area contributed by atoms with Crippen LogP contribution in [0.15, 0.2) is 4.99 Å². The van der Waals surface area contributed by atoms with Crippen molar-refractivity contribution in [2.24, 2.45) is 10.7 Å². The van der Waals surface area contributed by atoms with Gasteiger partial charge in [0.1, 0.15) is 0 Å². The van der Waals surface area contributed by atoms with E-state index in [-0.39, 0.29) is 6.17 Å². The van der Waals surface area contributed by atoms with Crippen molar-refractivity contribution in [3.05, 3.63) is 0 Å². The van der Waals surface area contributed by atoms with Crippen molar-refractivity contribution in [3.63, 3.8) is 0 Å². The summed E-state index contributed by atoms with van der Waals surface area (Å²) in [6, 6.07) is 0. The van der Waals surface area contributed by atoms with Gasteiger partial charge in [0.2, 0.25) is 0 Å². The van der Waals surface area contributed by atoms with Gasteiger partial charge in [0, 0.05) is 19.3 Å². The fourth-order valence-corrected chi connectivity index (χ4v) is 2.19. The lowest BCUT2D eigenvalue weighted by atomic mass is 10.4. The van der Waals surface area contributed by atoms with Crippen molar-refractivity contribution in [2.75, 3.05) is 19.3 Å². The van der Waals surface area contributed by atoms with Crippen LogP contribution in [0.2, 0.25) is 0 Å². The first-order valence-electron chi connectivity index (χ1n) is 3.91. The third-order valence-electron chi connectivity index (χ3n) is 1.69. The summed E-state index contributed by atoms with van der Waals surface area (Å²) in [5, 5.41) is 1.10. The Kier molecular flexibility index (Phi) is 3.20. The minimum atomic E-state index is 0.179. The Morgan fingerprint density at radius 3 is 3.09 bits per heavy atom. The van der Waals surface area contributed by atoms with E-state index in [0.717, 1.165) is 23.9 Å². The zero-order chi connectivity index (χ0) is 8.27. The Hall–Kier alpha value is -0.220. The van der Waals surface area contributed by atoms with Crippen molar-refractivity contribution >= 4 is 16.9 Å². The molecule has 0 aromatic carbocycles. The van der Waals surface area contributed by atoms with E-state index < -0.39 is 0 Å². The Labute approximate surface area is 72.0 Å². The SMILES string of the molecule is CCCN1/C(=N/C)SCC1N. The molecule has 64 valence electrons. The fraction of sp³-hybridized carbons (Fsp3) is 0.857. The summed E-state index contributed by atoms with van der Waals surface area (Å²) < 4.78 is 0. The van der Waals surface area contributed by atoms with E-state index in [1.807, 2.05) is 7.05 Å². The van der Waals surface area contributed by atoms with Crippen LogP contribution in [0.4, 0.5) is 0 Å². The highest BCUT2D eigenvalue weighted by atomic mass is 32.2. The summed E-state index contributed by atoms with van der Waals surface area (Å²) >= 11 is 1.75. The largest absolute Gasteiger partial charge is 0.335 e. The molecule has 4 heteroatoms. The summed E-state index contributed by atoms with van der Waals surface area (Å²) in [6.07, 6.45) is 1.31. The van der Waals surface area contributed by atoms with Gasteiger partial charge in [-0.2, -0.15) is 0 Å². The van der Waals surface area contributed by atoms with Gasteiger partial charge >= 0.3 is 0 Å². The molecule has 1 heterocycles. The molecule has 1 aliphatic rings. The lowest BCUT2D eigenvalue weighted by molar-refractivity contribution is 0.357. The van der Waals surface area contributed by atoms with Crippen molar-refractivity contribution in [1.82, 2.24) is 4.90 Å². The molecule has 2 N–H and O–H groups in total. The van der Waals surface area contributed by atoms with E-state index in [1.165, 1.54) is 0 Å². The molecule has 0 saturated carbocycles. The maximum absolute atomic E-state index is 5.86. The number of hydrogen-bond acceptors (Lipinski definition) is 3. The monoisotopic (exact) mass is 173 g/mol. The van der Waals surface area contributed by atoms with Crippen LogP contribution in [0.25, 0.3) is 0 Å². The second-order valence-corrected chi connectivity index (χ2v) is 3.57. The number of nitrogens with two attached hydrogens (primary N) is 1. The maximum atomic E-state index is 5.86. The molecule has 1 fully saturated rings. The van der Waals surface area contributed by atoms with Crippen molar-refractivity contribution in [1.29, 1.82) is 0 Å². The lowest BCUT2D eigenvalue weighted by Crippen LogP contribution is -2.40. The summed E-state index contributed by atoms with van der Waals surface area (Å²) in [5.41, 5.74) is 5.86. The quantitative estimate of drug-likeness (QED) is 0.669. The molecule has 11 heavy (non-hydrogen) atoms. The molecule has 0 bridgehead atoms. The topological polar surface area (TPSA) is 41.6 Å². The lowest BCUT2D eigenvalue weighted by Gasteiger charge is -2.21. The van der Waals surface area contributed by atoms with Crippen molar-refractivity contribution < 1.29 is 0 Å². The predicted molar refractivity (Wildman–Crippen MR) is 50.8 cm³/mol. The molecule has 1 rings (SSSR count). The van der Waals surface area contributed by atoms with Gasteiger partial charge in [0.15, 0.2) is 5.17 Å². The van der Waals surface area contributed by atoms with Gasteiger partial charge in [-0.25, -0.2) is 0 Å². The second kappa shape index (κ2) is 3.97. The maximum Gasteiger partial charge on any atom is 0.160 e. The minimum Gasteiger partial charge on any atom is -0.335 e. The molecular weight excluding hydrogens is 158 g/mol. The van der Waals surface area contributed by atoms with Gasteiger partial charge < -0.3 is 10.6 Å². The zero-order valence-corrected chi connectivity index (χ0v) is 7.90. The van der Waals surface area contributed by atoms with E-state index in [2.05, 4.69) is 16.8 Å². The first-order valence-corrected chi connectivity index (χ1v) is 4.90. The molecule has 0 radical (unpaired) electrons. The Morgan fingerprint density at radius 1 is 1.82 bits per heavy atom. The van der Waals surface area contributed by atoms with Gasteiger partial charge in [0.05, 0.1) is 6.17 Å². The molecule has 0 aromatic heterocycles. The van der Waals surface area contributed by atoms with Gasteiger partial charge in [-0.1, -0.05) is 18.7 Å². The highest BCUT2D eigenvalue weighted by molar-refractivity contribution is 8.14. The summed E-state index contributed by atoms with van der Waals surface area (Å²) in [5.74, 6) is 0.979. The predicted octanol–water partition coefficient (Wildman–Crippen LogP) is 0.716. The third-order valence-corrected chi connectivity index (χ3v) is 2.87. The Balaban J connectivity index is 2.56. The first kappa shape index (κ1) is 8.87. The molecule has 0 aromatic rings. The number of rotatable bonds is 2. The zero-order valence-electron chi connectivity index (χ0n) is 7.08. The number of thioether (sulfide) groups is 1. The summed E-state index contributed by atoms with van der Waals surface area (Å²) in [4.78, 5) is 6.33. The summed E-state index contributed by atoms with van der Waals surface area (Å²) in [6.45, 7) is 3.18. The van der Waals surface area contributed by atoms with Crippen LogP contribution in [-0.4, -0.2) is 35.6 Å². The van der Waals surface area contributed by atoms with Crippen LogP contribution in [0, 0.1) is 0 Å². The fourth-order valence-electron chi connectivity index (χ4n) is 1.17. The standard InChI is InChI=1S/C7H15N3S/c1-3-4-10-6(8)5-11-7(10)9-2/h6H,3-5,8H2,1-2H3/b9-7-. The first-order chi connectivity index (χ1) is 5.29. The van der Waals surface area contributed by atoms with Gasteiger partial charge in [-0.3, -0.25) is 4.99 Å². The van der Waals surface area contributed by atoms with Gasteiger partial charge in [-0.05, 0) is 6.42 Å². The van der Waals surface area contributed by atoms with E-state index in [9.17, 15) is 0 Å². The Bertz CT molecular complexity index is 158. The Morgan fingerprint density at radius 2 is 2.55 bits per heavy atom. The normalized spacial score (nSPS) is 28.5. The van der Waals surface area contributed by atoms with Crippen LogP contribution in [0.5, 0.6) is 0 Å². The number of hydrogen-bond donors (Lipinski definition) is 1. The number of nitrogens with zero attached hydrogens (tertiary/aromatic N) is 2. The van der Waals surface area contributed by atoms with E-state index in [1.54, 1.807) is 11.8 Å². The van der Waals surface area contributed by atoms with Gasteiger partial charge in [0.25, 0.3) is 0 Å². The average Bonchev–Trinajstić information content (AvgIpc) is 2.34. The minimum absolute atomic E-state index is 0.179. The number of aliphatic imine (C=N–C) groups is 1. The second-order valence-electron chi connectivity index (χ2n) is 2.58. The smallest absolute Gasteiger partial charge is 0.160 e. The molecule has 1 saturated heterocycles. The molecule has 0 amide bonds. The number of amidine groups is 1. The van der Waals surface area contributed by atoms with Crippen LogP contribution >= 0.6 is 11.8 Å². The van der Waals surface area contributed by atoms with Crippen LogP contribution < -0.4 is 5.73 Å². The van der Waals surface area contributed by atoms with E-state index >= 15 is 0 Å². The van der Waals surface area contributed by atoms with Crippen molar-refractivity contribution in [2.45, 2.75) is 19.5 Å². The van der Waals surface area contributed by atoms with Crippen LogP contribution in [0.3, 0.4) is 0 Å². The van der Waals surface area contributed by atoms with Crippen LogP contribution in [-0.2, 0) is 0 Å². The van der Waals surface area contributed by atoms with Gasteiger partial charge in [-0.15, -0.1) is 0 Å².